The zero-order valence-electron chi connectivity index (χ0n) is 23.2. The molecule has 1 saturated carbocycles. The van der Waals surface area contributed by atoms with Crippen LogP contribution in [0.25, 0.3) is 22.1 Å². The minimum atomic E-state index is -0.657. The molecule has 0 atom stereocenters. The summed E-state index contributed by atoms with van der Waals surface area (Å²) in [6.07, 6.45) is 6.29. The number of piperidine rings is 1. The van der Waals surface area contributed by atoms with E-state index in [1.807, 2.05) is 36.4 Å². The third-order valence-electron chi connectivity index (χ3n) is 8.41. The highest BCUT2D eigenvalue weighted by Crippen LogP contribution is 2.47. The molecule has 8 heteroatoms. The molecular weight excluding hydrogens is 516 g/mol. The molecule has 2 fully saturated rings. The average Bonchev–Trinajstić information content (AvgIpc) is 3.82. The van der Waals surface area contributed by atoms with Crippen molar-refractivity contribution in [3.05, 3.63) is 94.6 Å². The molecule has 2 aliphatic rings. The van der Waals surface area contributed by atoms with Crippen LogP contribution < -0.4 is 21.4 Å². The second-order valence-corrected chi connectivity index (χ2v) is 11.2. The zero-order chi connectivity index (χ0) is 28.2. The molecule has 41 heavy (non-hydrogen) atoms. The van der Waals surface area contributed by atoms with E-state index in [1.165, 1.54) is 11.6 Å². The molecule has 3 heterocycles. The average molecular weight is 553 g/mol. The summed E-state index contributed by atoms with van der Waals surface area (Å²) in [5.74, 6) is 0.196. The normalized spacial score (nSPS) is 17.0. The van der Waals surface area contributed by atoms with E-state index in [0.29, 0.717) is 29.7 Å². The summed E-state index contributed by atoms with van der Waals surface area (Å²) in [6, 6.07) is 22.0. The van der Waals surface area contributed by atoms with Gasteiger partial charge in [0.05, 0.1) is 29.2 Å². The Morgan fingerprint density at radius 1 is 1.05 bits per heavy atom. The van der Waals surface area contributed by atoms with Gasteiger partial charge in [-0.15, -0.1) is 0 Å². The van der Waals surface area contributed by atoms with Gasteiger partial charge in [0.1, 0.15) is 11.3 Å². The highest BCUT2D eigenvalue weighted by atomic mass is 16.5. The van der Waals surface area contributed by atoms with Crippen LogP contribution in [0.1, 0.15) is 43.4 Å². The second-order valence-electron chi connectivity index (χ2n) is 11.2. The molecule has 6 rings (SSSR count). The summed E-state index contributed by atoms with van der Waals surface area (Å²) < 4.78 is 11.6. The minimum Gasteiger partial charge on any atom is -0.492 e. The van der Waals surface area contributed by atoms with Gasteiger partial charge in [0, 0.05) is 25.3 Å². The number of carbonyl (C=O) groups is 1. The Morgan fingerprint density at radius 2 is 1.83 bits per heavy atom. The van der Waals surface area contributed by atoms with Gasteiger partial charge in [-0.25, -0.2) is 4.79 Å². The van der Waals surface area contributed by atoms with Gasteiger partial charge in [0.15, 0.2) is 0 Å². The molecule has 4 aromatic rings. The first-order valence-electron chi connectivity index (χ1n) is 14.5. The predicted molar refractivity (Wildman–Crippen MR) is 159 cm³/mol. The molecule has 1 amide bonds. The largest absolute Gasteiger partial charge is 0.492 e. The molecule has 0 radical (unpaired) electrons. The number of nitrogens with two attached hydrogens (primary N) is 1. The summed E-state index contributed by atoms with van der Waals surface area (Å²) in [5, 5.41) is 4.44. The lowest BCUT2D eigenvalue weighted by molar-refractivity contribution is -0.120. The number of hydrogen-bond donors (Lipinski definition) is 2. The Balaban J connectivity index is 1.03. The van der Waals surface area contributed by atoms with Crippen LogP contribution in [-0.2, 0) is 16.8 Å². The maximum atomic E-state index is 12.4. The SMILES string of the molecule is NC(=O)C1(c2cc(-c3ccc4c(OCCCN5CCC(NCc6ccccc6)CC5)cc(=O)oc4c3)ccn2)CC1. The van der Waals surface area contributed by atoms with E-state index in [9.17, 15) is 9.59 Å². The number of ether oxygens (including phenoxy) is 1. The van der Waals surface area contributed by atoms with Crippen molar-refractivity contribution in [1.82, 2.24) is 15.2 Å². The van der Waals surface area contributed by atoms with Crippen molar-refractivity contribution in [3.8, 4) is 16.9 Å². The van der Waals surface area contributed by atoms with Gasteiger partial charge in [-0.2, -0.15) is 0 Å². The highest BCUT2D eigenvalue weighted by molar-refractivity contribution is 5.90. The number of primary amides is 1. The molecule has 0 unspecified atom stereocenters. The molecule has 212 valence electrons. The lowest BCUT2D eigenvalue weighted by Gasteiger charge is -2.32. The van der Waals surface area contributed by atoms with Crippen LogP contribution in [0.4, 0.5) is 0 Å². The van der Waals surface area contributed by atoms with Crippen molar-refractivity contribution in [3.63, 3.8) is 0 Å². The third kappa shape index (κ3) is 6.19. The Kier molecular flexibility index (Phi) is 7.85. The maximum absolute atomic E-state index is 12.4. The lowest BCUT2D eigenvalue weighted by Crippen LogP contribution is -2.42. The molecule has 3 N–H and O–H groups in total. The number of nitrogens with one attached hydrogen (secondary N) is 1. The molecule has 2 aromatic carbocycles. The molecule has 8 nitrogen and oxygen atoms in total. The minimum absolute atomic E-state index is 0.339. The van der Waals surface area contributed by atoms with Gasteiger partial charge in [0.25, 0.3) is 0 Å². The van der Waals surface area contributed by atoms with E-state index < -0.39 is 11.0 Å². The number of amides is 1. The number of likely N-dealkylation sites (tertiary alicyclic amines) is 1. The summed E-state index contributed by atoms with van der Waals surface area (Å²) in [7, 11) is 0. The van der Waals surface area contributed by atoms with E-state index in [0.717, 1.165) is 74.8 Å². The van der Waals surface area contributed by atoms with Gasteiger partial charge in [-0.3, -0.25) is 9.78 Å². The number of pyridine rings is 1. The Labute approximate surface area is 239 Å². The van der Waals surface area contributed by atoms with Crippen LogP contribution in [0.3, 0.4) is 0 Å². The summed E-state index contributed by atoms with van der Waals surface area (Å²) in [6.45, 7) is 4.55. The van der Waals surface area contributed by atoms with Crippen LogP contribution in [0, 0.1) is 0 Å². The molecule has 0 spiro atoms. The lowest BCUT2D eigenvalue weighted by atomic mass is 9.97. The molecular formula is C33H36N4O4. The smallest absolute Gasteiger partial charge is 0.339 e. The van der Waals surface area contributed by atoms with E-state index >= 15 is 0 Å². The number of fused-ring (bicyclic) bond motifs is 1. The van der Waals surface area contributed by atoms with E-state index in [-0.39, 0.29) is 5.91 Å². The number of rotatable bonds is 11. The van der Waals surface area contributed by atoms with Crippen molar-refractivity contribution in [1.29, 1.82) is 0 Å². The topological polar surface area (TPSA) is 111 Å². The monoisotopic (exact) mass is 552 g/mol. The van der Waals surface area contributed by atoms with Gasteiger partial charge in [-0.1, -0.05) is 36.4 Å². The number of carbonyl (C=O) groups excluding carboxylic acids is 1. The van der Waals surface area contributed by atoms with Crippen molar-refractivity contribution in [2.24, 2.45) is 5.73 Å². The fourth-order valence-electron chi connectivity index (χ4n) is 5.75. The Bertz CT molecular complexity index is 1570. The fourth-order valence-corrected chi connectivity index (χ4v) is 5.75. The van der Waals surface area contributed by atoms with Gasteiger partial charge in [0.2, 0.25) is 5.91 Å². The molecule has 2 aromatic heterocycles. The Morgan fingerprint density at radius 3 is 2.59 bits per heavy atom. The van der Waals surface area contributed by atoms with Crippen molar-refractivity contribution in [2.45, 2.75) is 50.1 Å². The standard InChI is InChI=1S/C33H36N4O4/c34-32(39)33(12-13-33)30-20-25(9-14-35-30)24-7-8-27-28(21-31(38)41-29(27)19-24)40-18-4-15-37-16-10-26(11-17-37)36-22-23-5-2-1-3-6-23/h1-3,5-9,14,19-21,26,36H,4,10-13,15-18,22H2,(H2,34,39). The van der Waals surface area contributed by atoms with E-state index in [1.54, 1.807) is 6.20 Å². The van der Waals surface area contributed by atoms with Crippen molar-refractivity contribution >= 4 is 16.9 Å². The Hall–Kier alpha value is -4.01. The predicted octanol–water partition coefficient (Wildman–Crippen LogP) is 4.40. The summed E-state index contributed by atoms with van der Waals surface area (Å²) in [4.78, 5) is 31.2. The molecule has 1 aliphatic heterocycles. The van der Waals surface area contributed by atoms with Gasteiger partial charge < -0.3 is 25.1 Å². The van der Waals surface area contributed by atoms with Crippen molar-refractivity contribution in [2.75, 3.05) is 26.2 Å². The molecule has 1 saturated heterocycles. The first-order valence-corrected chi connectivity index (χ1v) is 14.5. The van der Waals surface area contributed by atoms with Crippen LogP contribution in [0.2, 0.25) is 0 Å². The first kappa shape index (κ1) is 27.2. The third-order valence-corrected chi connectivity index (χ3v) is 8.41. The first-order chi connectivity index (χ1) is 20.0. The van der Waals surface area contributed by atoms with Gasteiger partial charge >= 0.3 is 5.63 Å². The van der Waals surface area contributed by atoms with Crippen LogP contribution in [-0.4, -0.2) is 48.1 Å². The summed E-state index contributed by atoms with van der Waals surface area (Å²) >= 11 is 0. The van der Waals surface area contributed by atoms with Crippen LogP contribution >= 0.6 is 0 Å². The number of hydrogen-bond acceptors (Lipinski definition) is 7. The van der Waals surface area contributed by atoms with Crippen molar-refractivity contribution < 1.29 is 13.9 Å². The number of nitrogens with zero attached hydrogens (tertiary/aromatic N) is 2. The van der Waals surface area contributed by atoms with Crippen LogP contribution in [0.5, 0.6) is 5.75 Å². The van der Waals surface area contributed by atoms with Crippen LogP contribution in [0.15, 0.2) is 82.1 Å². The quantitative estimate of drug-likeness (QED) is 0.210. The zero-order valence-corrected chi connectivity index (χ0v) is 23.2. The second kappa shape index (κ2) is 11.8. The summed E-state index contributed by atoms with van der Waals surface area (Å²) in [5.41, 5.74) is 8.76. The number of aromatic nitrogens is 1. The fraction of sp³-hybridized carbons (Fsp3) is 0.364. The van der Waals surface area contributed by atoms with E-state index in [4.69, 9.17) is 14.9 Å². The van der Waals surface area contributed by atoms with E-state index in [2.05, 4.69) is 39.5 Å². The maximum Gasteiger partial charge on any atom is 0.339 e. The number of benzene rings is 2. The van der Waals surface area contributed by atoms with Gasteiger partial charge in [-0.05, 0) is 86.1 Å². The molecule has 1 aliphatic carbocycles. The highest BCUT2D eigenvalue weighted by Gasteiger charge is 2.51. The molecule has 0 bridgehead atoms.